The van der Waals surface area contributed by atoms with Gasteiger partial charge in [0, 0.05) is 28.2 Å². The molecule has 0 saturated carbocycles. The lowest BCUT2D eigenvalue weighted by atomic mass is 9.65. The minimum Gasteiger partial charge on any atom is -0.457 e. The van der Waals surface area contributed by atoms with E-state index in [0.29, 0.717) is 0 Å². The predicted molar refractivity (Wildman–Crippen MR) is 261 cm³/mol. The zero-order valence-corrected chi connectivity index (χ0v) is 35.0. The summed E-state index contributed by atoms with van der Waals surface area (Å²) in [5, 5.41) is 0. The number of ether oxygens (including phenoxy) is 1. The minimum absolute atomic E-state index is 0.525. The van der Waals surface area contributed by atoms with Gasteiger partial charge in [0.05, 0.1) is 10.8 Å². The second-order valence-corrected chi connectivity index (χ2v) is 17.1. The number of para-hydroxylation sites is 2. The lowest BCUT2D eigenvalue weighted by Gasteiger charge is -2.40. The van der Waals surface area contributed by atoms with Crippen molar-refractivity contribution in [3.05, 3.63) is 293 Å². The summed E-state index contributed by atoms with van der Waals surface area (Å²) < 4.78 is 6.85. The second-order valence-electron chi connectivity index (χ2n) is 17.1. The molecule has 10 aromatic rings. The van der Waals surface area contributed by atoms with Crippen LogP contribution in [-0.2, 0) is 10.8 Å². The van der Waals surface area contributed by atoms with Crippen LogP contribution in [0.2, 0.25) is 0 Å². The highest BCUT2D eigenvalue weighted by atomic mass is 16.5. The van der Waals surface area contributed by atoms with E-state index < -0.39 is 10.8 Å². The summed E-state index contributed by atoms with van der Waals surface area (Å²) in [5.41, 5.74) is 19.3. The second kappa shape index (κ2) is 14.2. The Morgan fingerprint density at radius 2 is 0.719 bits per heavy atom. The Hall–Kier alpha value is -8.20. The topological polar surface area (TPSA) is 12.5 Å². The molecule has 1 atom stereocenters. The number of rotatable bonds is 6. The van der Waals surface area contributed by atoms with E-state index in [1.807, 2.05) is 0 Å². The van der Waals surface area contributed by atoms with Crippen molar-refractivity contribution in [1.82, 2.24) is 0 Å². The number of nitrogens with zero attached hydrogens (tertiary/aromatic N) is 1. The van der Waals surface area contributed by atoms with Gasteiger partial charge in [-0.2, -0.15) is 0 Å². The molecule has 0 bridgehead atoms. The largest absolute Gasteiger partial charge is 0.457 e. The van der Waals surface area contributed by atoms with Crippen LogP contribution in [-0.4, -0.2) is 0 Å². The van der Waals surface area contributed by atoms with Gasteiger partial charge in [0.2, 0.25) is 0 Å². The molecule has 0 saturated heterocycles. The van der Waals surface area contributed by atoms with Crippen molar-refractivity contribution in [3.63, 3.8) is 0 Å². The average molecular weight is 816 g/mol. The zero-order valence-electron chi connectivity index (χ0n) is 35.0. The molecule has 2 nitrogen and oxygen atoms in total. The fourth-order valence-electron chi connectivity index (χ4n) is 11.4. The first-order valence-corrected chi connectivity index (χ1v) is 22.2. The molecule has 13 rings (SSSR count). The van der Waals surface area contributed by atoms with Crippen LogP contribution in [0.15, 0.2) is 249 Å². The maximum atomic E-state index is 6.85. The maximum Gasteiger partial charge on any atom is 0.132 e. The fourth-order valence-corrected chi connectivity index (χ4v) is 11.4. The van der Waals surface area contributed by atoms with E-state index in [2.05, 4.69) is 254 Å². The first-order valence-electron chi connectivity index (χ1n) is 22.2. The minimum atomic E-state index is -0.644. The third kappa shape index (κ3) is 5.08. The normalized spacial score (nSPS) is 15.5. The number of hydrogen-bond acceptors (Lipinski definition) is 2. The van der Waals surface area contributed by atoms with Gasteiger partial charge in [0.15, 0.2) is 0 Å². The van der Waals surface area contributed by atoms with Crippen molar-refractivity contribution in [1.29, 1.82) is 0 Å². The molecule has 0 N–H and O–H groups in total. The van der Waals surface area contributed by atoms with Crippen molar-refractivity contribution in [3.8, 4) is 44.9 Å². The van der Waals surface area contributed by atoms with Crippen LogP contribution in [0.3, 0.4) is 0 Å². The van der Waals surface area contributed by atoms with Gasteiger partial charge in [0.25, 0.3) is 0 Å². The van der Waals surface area contributed by atoms with E-state index in [1.165, 1.54) is 61.2 Å². The Morgan fingerprint density at radius 3 is 1.33 bits per heavy atom. The van der Waals surface area contributed by atoms with Gasteiger partial charge in [-0.25, -0.2) is 0 Å². The molecular formula is C62H41NO. The highest BCUT2D eigenvalue weighted by molar-refractivity contribution is 5.93. The van der Waals surface area contributed by atoms with Gasteiger partial charge in [-0.15, -0.1) is 0 Å². The van der Waals surface area contributed by atoms with Crippen LogP contribution in [0.1, 0.15) is 44.5 Å². The third-order valence-corrected chi connectivity index (χ3v) is 14.0. The molecule has 0 amide bonds. The Balaban J connectivity index is 1.08. The monoisotopic (exact) mass is 815 g/mol. The molecular weight excluding hydrogens is 775 g/mol. The fraction of sp³-hybridized carbons (Fsp3) is 0.0323. The predicted octanol–water partition coefficient (Wildman–Crippen LogP) is 15.7. The van der Waals surface area contributed by atoms with Crippen LogP contribution in [0, 0.1) is 0 Å². The van der Waals surface area contributed by atoms with Gasteiger partial charge < -0.3 is 9.64 Å². The standard InChI is InChI=1S/C62H41NO/c1-5-19-42(20-6-1)43-33-38-60-58(39-43)62(55-31-17-18-32-59(55)64-60)54-30-16-14-28-50(54)52-37-35-48(41-57(52)62)63(46-25-11-4-12-26-46)47-34-36-51-49-27-13-15-29-53(49)61(56(51)40-47,44-21-7-2-8-22-44)45-23-9-3-10-24-45/h1-41H. The summed E-state index contributed by atoms with van der Waals surface area (Å²) >= 11 is 0. The summed E-state index contributed by atoms with van der Waals surface area (Å²) in [5.74, 6) is 1.76. The molecule has 0 radical (unpaired) electrons. The first-order chi connectivity index (χ1) is 31.7. The molecule has 1 unspecified atom stereocenters. The molecule has 2 heteroatoms. The van der Waals surface area contributed by atoms with Crippen molar-refractivity contribution in [2.45, 2.75) is 10.8 Å². The highest BCUT2D eigenvalue weighted by Crippen LogP contribution is 2.63. The Kier molecular flexibility index (Phi) is 8.07. The first kappa shape index (κ1) is 36.5. The van der Waals surface area contributed by atoms with Crippen molar-refractivity contribution < 1.29 is 4.74 Å². The van der Waals surface area contributed by atoms with Crippen molar-refractivity contribution >= 4 is 17.1 Å². The molecule has 1 spiro atoms. The van der Waals surface area contributed by atoms with Crippen molar-refractivity contribution in [2.75, 3.05) is 4.90 Å². The van der Waals surface area contributed by atoms with Crippen LogP contribution >= 0.6 is 0 Å². The molecule has 300 valence electrons. The van der Waals surface area contributed by atoms with E-state index in [4.69, 9.17) is 4.74 Å². The van der Waals surface area contributed by atoms with Crippen LogP contribution in [0.5, 0.6) is 11.5 Å². The van der Waals surface area contributed by atoms with Gasteiger partial charge >= 0.3 is 0 Å². The van der Waals surface area contributed by atoms with E-state index in [-0.39, 0.29) is 0 Å². The molecule has 1 aliphatic heterocycles. The number of benzene rings is 10. The van der Waals surface area contributed by atoms with Gasteiger partial charge in [-0.3, -0.25) is 0 Å². The van der Waals surface area contributed by atoms with Gasteiger partial charge in [-0.1, -0.05) is 194 Å². The summed E-state index contributed by atoms with van der Waals surface area (Å²) in [6, 6.07) is 91.3. The Bertz CT molecular complexity index is 3380. The summed E-state index contributed by atoms with van der Waals surface area (Å²) in [4.78, 5) is 2.45. The zero-order chi connectivity index (χ0) is 42.2. The molecule has 1 heterocycles. The molecule has 2 aliphatic carbocycles. The Morgan fingerprint density at radius 1 is 0.266 bits per heavy atom. The van der Waals surface area contributed by atoms with E-state index in [0.717, 1.165) is 45.3 Å². The third-order valence-electron chi connectivity index (χ3n) is 14.0. The van der Waals surface area contributed by atoms with E-state index >= 15 is 0 Å². The van der Waals surface area contributed by atoms with Crippen molar-refractivity contribution in [2.24, 2.45) is 0 Å². The van der Waals surface area contributed by atoms with E-state index in [9.17, 15) is 0 Å². The number of fused-ring (bicyclic) bond motifs is 12. The van der Waals surface area contributed by atoms with Crippen LogP contribution in [0.25, 0.3) is 33.4 Å². The molecule has 64 heavy (non-hydrogen) atoms. The van der Waals surface area contributed by atoms with Gasteiger partial charge in [0.1, 0.15) is 11.5 Å². The quantitative estimate of drug-likeness (QED) is 0.166. The van der Waals surface area contributed by atoms with E-state index in [1.54, 1.807) is 0 Å². The Labute approximate surface area is 374 Å². The maximum absolute atomic E-state index is 6.85. The smallest absolute Gasteiger partial charge is 0.132 e. The molecule has 0 fully saturated rings. The average Bonchev–Trinajstić information content (AvgIpc) is 3.83. The van der Waals surface area contributed by atoms with Crippen LogP contribution < -0.4 is 9.64 Å². The van der Waals surface area contributed by atoms with Crippen LogP contribution in [0.4, 0.5) is 17.1 Å². The summed E-state index contributed by atoms with van der Waals surface area (Å²) in [6.45, 7) is 0. The SMILES string of the molecule is c1ccc(-c2ccc3c(c2)C2(c4ccccc4O3)c3ccccc3-c3ccc(N(c4ccccc4)c4ccc5c(c4)C(c4ccccc4)(c4ccccc4)c4ccccc4-5)cc32)cc1. The summed E-state index contributed by atoms with van der Waals surface area (Å²) in [6.07, 6.45) is 0. The highest BCUT2D eigenvalue weighted by Gasteiger charge is 2.52. The number of anilines is 3. The molecule has 3 aliphatic rings. The lowest BCUT2D eigenvalue weighted by Crippen LogP contribution is -2.32. The van der Waals surface area contributed by atoms with Gasteiger partial charge in [-0.05, 0) is 121 Å². The lowest BCUT2D eigenvalue weighted by molar-refractivity contribution is 0.436. The molecule has 10 aromatic carbocycles. The molecule has 0 aromatic heterocycles. The number of hydrogen-bond donors (Lipinski definition) is 0. The summed E-state index contributed by atoms with van der Waals surface area (Å²) in [7, 11) is 0.